The molecular weight excluding hydrogens is 464 g/mol. The number of benzene rings is 2. The van der Waals surface area contributed by atoms with Gasteiger partial charge in [0.15, 0.2) is 6.10 Å². The van der Waals surface area contributed by atoms with E-state index in [0.717, 1.165) is 52.0 Å². The molecule has 2 aliphatic heterocycles. The summed E-state index contributed by atoms with van der Waals surface area (Å²) in [5.41, 5.74) is 7.27. The molecule has 1 saturated heterocycles. The van der Waals surface area contributed by atoms with Crippen LogP contribution in [0, 0.1) is 32.6 Å². The highest BCUT2D eigenvalue weighted by Crippen LogP contribution is 2.44. The van der Waals surface area contributed by atoms with Crippen LogP contribution in [0.4, 0.5) is 4.79 Å². The largest absolute Gasteiger partial charge is 0.479 e. The van der Waals surface area contributed by atoms with E-state index in [2.05, 4.69) is 36.1 Å². The molecule has 6 heteroatoms. The average molecular weight is 505 g/mol. The van der Waals surface area contributed by atoms with Gasteiger partial charge in [0.2, 0.25) is 0 Å². The van der Waals surface area contributed by atoms with Gasteiger partial charge in [0, 0.05) is 31.7 Å². The Kier molecular flexibility index (Phi) is 6.59. The second-order valence-electron chi connectivity index (χ2n) is 12.3. The lowest BCUT2D eigenvalue weighted by Gasteiger charge is -2.29. The van der Waals surface area contributed by atoms with E-state index in [0.29, 0.717) is 30.5 Å². The second kappa shape index (κ2) is 9.46. The fraction of sp³-hybridized carbons (Fsp3) is 0.548. The third-order valence-electron chi connectivity index (χ3n) is 8.58. The van der Waals surface area contributed by atoms with Crippen LogP contribution < -0.4 is 0 Å². The number of aryl methyl sites for hydroxylation is 1. The monoisotopic (exact) mass is 504 g/mol. The maximum Gasteiger partial charge on any atom is 0.337 e. The number of urea groups is 1. The molecule has 37 heavy (non-hydrogen) atoms. The minimum Gasteiger partial charge on any atom is -0.479 e. The molecule has 6 nitrogen and oxygen atoms in total. The summed E-state index contributed by atoms with van der Waals surface area (Å²) >= 11 is 0. The number of carbonyl (C=O) groups is 2. The highest BCUT2D eigenvalue weighted by Gasteiger charge is 2.41. The van der Waals surface area contributed by atoms with Crippen LogP contribution in [-0.2, 0) is 22.6 Å². The molecule has 0 radical (unpaired) electrons. The number of carboxylic acid groups (broad SMARTS) is 1. The van der Waals surface area contributed by atoms with Crippen molar-refractivity contribution in [2.45, 2.75) is 85.6 Å². The number of likely N-dealkylation sites (tertiary alicyclic amines) is 1. The average Bonchev–Trinajstić information content (AvgIpc) is 3.54. The van der Waals surface area contributed by atoms with E-state index < -0.39 is 17.7 Å². The Hall–Kier alpha value is -2.86. The number of carbonyl (C=O) groups excluding carboxylic acids is 1. The smallest absolute Gasteiger partial charge is 0.337 e. The van der Waals surface area contributed by atoms with Crippen molar-refractivity contribution in [2.24, 2.45) is 11.8 Å². The van der Waals surface area contributed by atoms with E-state index in [-0.39, 0.29) is 6.03 Å². The first kappa shape index (κ1) is 25.8. The summed E-state index contributed by atoms with van der Waals surface area (Å²) < 4.78 is 6.18. The van der Waals surface area contributed by atoms with Crippen LogP contribution in [-0.4, -0.2) is 45.6 Å². The molecule has 2 fully saturated rings. The van der Waals surface area contributed by atoms with E-state index in [1.54, 1.807) is 0 Å². The van der Waals surface area contributed by atoms with Gasteiger partial charge < -0.3 is 19.6 Å². The van der Waals surface area contributed by atoms with Crippen molar-refractivity contribution in [1.29, 1.82) is 0 Å². The van der Waals surface area contributed by atoms with Crippen molar-refractivity contribution in [3.8, 4) is 11.1 Å². The summed E-state index contributed by atoms with van der Waals surface area (Å²) in [6, 6.07) is 8.35. The maximum absolute atomic E-state index is 13.6. The van der Waals surface area contributed by atoms with Crippen molar-refractivity contribution in [1.82, 2.24) is 9.80 Å². The lowest BCUT2D eigenvalue weighted by atomic mass is 9.83. The topological polar surface area (TPSA) is 70.1 Å². The zero-order valence-electron chi connectivity index (χ0n) is 23.1. The number of ether oxygens (including phenoxy) is 1. The van der Waals surface area contributed by atoms with Gasteiger partial charge in [-0.25, -0.2) is 9.59 Å². The minimum atomic E-state index is -1.11. The molecule has 2 aromatic rings. The number of amides is 2. The number of aliphatic carboxylic acids is 1. The molecular formula is C31H40N2O4. The third-order valence-corrected chi connectivity index (χ3v) is 8.58. The summed E-state index contributed by atoms with van der Waals surface area (Å²) in [7, 11) is 0. The Balaban J connectivity index is 1.57. The fourth-order valence-corrected chi connectivity index (χ4v) is 6.75. The molecule has 2 amide bonds. The molecule has 198 valence electrons. The molecule has 0 aromatic heterocycles. The number of hydrogen-bond acceptors (Lipinski definition) is 3. The van der Waals surface area contributed by atoms with Crippen LogP contribution in [0.15, 0.2) is 24.3 Å². The van der Waals surface area contributed by atoms with Gasteiger partial charge in [0.25, 0.3) is 0 Å². The van der Waals surface area contributed by atoms with Gasteiger partial charge in [0.1, 0.15) is 0 Å². The molecule has 1 N–H and O–H groups in total. The Labute approximate surface area is 220 Å². The normalized spacial score (nSPS) is 21.8. The van der Waals surface area contributed by atoms with Gasteiger partial charge in [-0.15, -0.1) is 0 Å². The van der Waals surface area contributed by atoms with Crippen LogP contribution in [0.2, 0.25) is 0 Å². The van der Waals surface area contributed by atoms with Crippen LogP contribution in [0.1, 0.15) is 79.5 Å². The lowest BCUT2D eigenvalue weighted by molar-refractivity contribution is -0.160. The SMILES string of the molecule is Cc1ccc(-c2c(C)c3c(c(C)c2C(OC(C)(C)C)C(=O)O)CN(C(=O)N2CC4CCCC4C2)C3)cc1. The molecule has 1 aliphatic carbocycles. The molecule has 0 bridgehead atoms. The summed E-state index contributed by atoms with van der Waals surface area (Å²) in [5.74, 6) is 0.311. The first-order valence-electron chi connectivity index (χ1n) is 13.6. The minimum absolute atomic E-state index is 0.114. The van der Waals surface area contributed by atoms with E-state index in [1.807, 2.05) is 39.5 Å². The van der Waals surface area contributed by atoms with Crippen molar-refractivity contribution in [2.75, 3.05) is 13.1 Å². The van der Waals surface area contributed by atoms with Crippen molar-refractivity contribution in [3.63, 3.8) is 0 Å². The summed E-state index contributed by atoms with van der Waals surface area (Å²) in [4.78, 5) is 30.2. The number of carboxylic acids is 1. The van der Waals surface area contributed by atoms with Crippen LogP contribution >= 0.6 is 0 Å². The van der Waals surface area contributed by atoms with E-state index >= 15 is 0 Å². The number of nitrogens with zero attached hydrogens (tertiary/aromatic N) is 2. The zero-order chi connectivity index (χ0) is 26.6. The molecule has 3 unspecified atom stereocenters. The van der Waals surface area contributed by atoms with E-state index in [1.165, 1.54) is 19.3 Å². The lowest BCUT2D eigenvalue weighted by Crippen LogP contribution is -2.39. The van der Waals surface area contributed by atoms with Gasteiger partial charge >= 0.3 is 12.0 Å². The summed E-state index contributed by atoms with van der Waals surface area (Å²) in [6.45, 7) is 14.6. The number of rotatable bonds is 4. The van der Waals surface area contributed by atoms with Gasteiger partial charge in [-0.3, -0.25) is 0 Å². The van der Waals surface area contributed by atoms with Crippen molar-refractivity contribution in [3.05, 3.63) is 57.6 Å². The molecule has 0 spiro atoms. The molecule has 2 heterocycles. The molecule has 5 rings (SSSR count). The van der Waals surface area contributed by atoms with Crippen LogP contribution in [0.5, 0.6) is 0 Å². The predicted octanol–water partition coefficient (Wildman–Crippen LogP) is 6.39. The van der Waals surface area contributed by atoms with Crippen LogP contribution in [0.3, 0.4) is 0 Å². The van der Waals surface area contributed by atoms with Gasteiger partial charge in [-0.05, 0) is 99.6 Å². The highest BCUT2D eigenvalue weighted by molar-refractivity contribution is 5.85. The van der Waals surface area contributed by atoms with Gasteiger partial charge in [-0.2, -0.15) is 0 Å². The standard InChI is InChI=1S/C31H40N2O4/c1-18-10-12-21(13-11-18)26-19(2)24-16-33(30(36)32-14-22-8-7-9-23(22)15-32)17-25(24)20(3)27(26)28(29(34)35)37-31(4,5)6/h10-13,22-23,28H,7-9,14-17H2,1-6H3,(H,34,35). The molecule has 3 atom stereocenters. The third kappa shape index (κ3) is 4.76. The first-order chi connectivity index (χ1) is 17.4. The van der Waals surface area contributed by atoms with E-state index in [4.69, 9.17) is 4.74 Å². The van der Waals surface area contributed by atoms with Crippen molar-refractivity contribution < 1.29 is 19.4 Å². The van der Waals surface area contributed by atoms with Crippen LogP contribution in [0.25, 0.3) is 11.1 Å². The summed E-state index contributed by atoms with van der Waals surface area (Å²) in [5, 5.41) is 10.3. The number of fused-ring (bicyclic) bond motifs is 2. The molecule has 1 saturated carbocycles. The summed E-state index contributed by atoms with van der Waals surface area (Å²) in [6.07, 6.45) is 2.65. The predicted molar refractivity (Wildman–Crippen MR) is 144 cm³/mol. The van der Waals surface area contributed by atoms with Crippen molar-refractivity contribution >= 4 is 12.0 Å². The maximum atomic E-state index is 13.6. The molecule has 3 aliphatic rings. The quantitative estimate of drug-likeness (QED) is 0.524. The highest BCUT2D eigenvalue weighted by atomic mass is 16.5. The zero-order valence-corrected chi connectivity index (χ0v) is 23.1. The fourth-order valence-electron chi connectivity index (χ4n) is 6.75. The Morgan fingerprint density at radius 2 is 1.49 bits per heavy atom. The second-order valence-corrected chi connectivity index (χ2v) is 12.3. The Morgan fingerprint density at radius 1 is 0.919 bits per heavy atom. The van der Waals surface area contributed by atoms with Gasteiger partial charge in [0.05, 0.1) is 5.60 Å². The Bertz CT molecular complexity index is 1220. The number of hydrogen-bond donors (Lipinski definition) is 1. The first-order valence-corrected chi connectivity index (χ1v) is 13.6. The molecule has 2 aromatic carbocycles. The Morgan fingerprint density at radius 3 is 2.03 bits per heavy atom. The van der Waals surface area contributed by atoms with Gasteiger partial charge in [-0.1, -0.05) is 36.2 Å². The van der Waals surface area contributed by atoms with E-state index in [9.17, 15) is 14.7 Å².